The number of hydrogen-bond donors (Lipinski definition) is 2. The summed E-state index contributed by atoms with van der Waals surface area (Å²) >= 11 is 3.45. The first kappa shape index (κ1) is 42.0. The Morgan fingerprint density at radius 2 is 1.10 bits per heavy atom. The van der Waals surface area contributed by atoms with Crippen LogP contribution in [-0.4, -0.2) is 39.9 Å². The number of fused-ring (bicyclic) bond motifs is 6. The number of carbonyl (C=O) groups is 2. The Labute approximate surface area is 362 Å². The summed E-state index contributed by atoms with van der Waals surface area (Å²) in [6, 6.07) is 25.6. The van der Waals surface area contributed by atoms with Gasteiger partial charge in [-0.15, -0.1) is 0 Å². The van der Waals surface area contributed by atoms with Crippen LogP contribution in [0.15, 0.2) is 89.4 Å². The van der Waals surface area contributed by atoms with E-state index in [1.54, 1.807) is 24.3 Å². The lowest BCUT2D eigenvalue weighted by Crippen LogP contribution is -2.53. The normalized spacial score (nSPS) is 27.3. The second-order valence-corrected chi connectivity index (χ2v) is 18.6. The van der Waals surface area contributed by atoms with Crippen molar-refractivity contribution in [2.45, 2.75) is 114 Å². The molecule has 4 aliphatic carbocycles. The lowest BCUT2D eigenvalue weighted by molar-refractivity contribution is -0.0725. The molecule has 10 heteroatoms. The van der Waals surface area contributed by atoms with E-state index in [4.69, 9.17) is 32.7 Å². The van der Waals surface area contributed by atoms with Crippen LogP contribution < -0.4 is 14.9 Å². The van der Waals surface area contributed by atoms with E-state index in [0.29, 0.717) is 47.1 Å². The molecule has 0 saturated heterocycles. The van der Waals surface area contributed by atoms with Gasteiger partial charge in [-0.1, -0.05) is 103 Å². The van der Waals surface area contributed by atoms with Gasteiger partial charge in [-0.25, -0.2) is 9.69 Å². The number of halogens is 1. The van der Waals surface area contributed by atoms with Gasteiger partial charge in [0.2, 0.25) is 0 Å². The molecule has 308 valence electrons. The number of Topliss-reactive ketones (excluding diaryl/α,β-unsaturated/α-hetero) is 2. The number of ether oxygens (including phenoxy) is 2. The molecule has 4 aromatic carbocycles. The third-order valence-electron chi connectivity index (χ3n) is 14.2. The third kappa shape index (κ3) is 8.71. The SMILES string of the molecule is O=C1CC2(CCCC3CCCCC32)Oc2ccc(Br)cc21.[C-]#[N+]c1cccc(-c2ccc3c(c2)C(=O)CC2(CCCC4CCCCC42)O3)c1.[C-]#[N+]c1cccc(B(O)O)c1. The fraction of sp³-hybridized carbons (Fsp3) is 0.440. The zero-order chi connectivity index (χ0) is 41.9. The molecule has 4 fully saturated rings. The van der Waals surface area contributed by atoms with Crippen molar-refractivity contribution in [2.24, 2.45) is 23.7 Å². The molecule has 2 N–H and O–H groups in total. The Bertz CT molecular complexity index is 2330. The van der Waals surface area contributed by atoms with Gasteiger partial charge in [-0.05, 0) is 116 Å². The van der Waals surface area contributed by atoms with Crippen molar-refractivity contribution in [3.63, 3.8) is 0 Å². The minimum absolute atomic E-state index is 0.207. The average molecular weight is 868 g/mol. The van der Waals surface area contributed by atoms with Gasteiger partial charge in [0.25, 0.3) is 0 Å². The highest BCUT2D eigenvalue weighted by atomic mass is 79.9. The van der Waals surface area contributed by atoms with E-state index in [0.717, 1.165) is 57.3 Å². The Kier molecular flexibility index (Phi) is 12.7. The first-order chi connectivity index (χ1) is 29.1. The fourth-order valence-electron chi connectivity index (χ4n) is 11.5. The van der Waals surface area contributed by atoms with E-state index < -0.39 is 7.12 Å². The van der Waals surface area contributed by atoms with E-state index in [9.17, 15) is 9.59 Å². The topological polar surface area (TPSA) is 102 Å². The highest BCUT2D eigenvalue weighted by molar-refractivity contribution is 9.10. The molecule has 2 spiro atoms. The van der Waals surface area contributed by atoms with E-state index in [2.05, 4.69) is 25.6 Å². The summed E-state index contributed by atoms with van der Waals surface area (Å²) in [6.45, 7) is 13.9. The van der Waals surface area contributed by atoms with Gasteiger partial charge in [0.1, 0.15) is 22.7 Å². The van der Waals surface area contributed by atoms with Crippen LogP contribution in [0.25, 0.3) is 20.8 Å². The van der Waals surface area contributed by atoms with Crippen molar-refractivity contribution in [2.75, 3.05) is 0 Å². The summed E-state index contributed by atoms with van der Waals surface area (Å²) in [5.74, 6) is 4.67. The van der Waals surface area contributed by atoms with Gasteiger partial charge in [0, 0.05) is 16.3 Å². The fourth-order valence-corrected chi connectivity index (χ4v) is 11.8. The third-order valence-corrected chi connectivity index (χ3v) is 14.7. The second-order valence-electron chi connectivity index (χ2n) is 17.7. The summed E-state index contributed by atoms with van der Waals surface area (Å²) in [5.41, 5.74) is 4.28. The average Bonchev–Trinajstić information content (AvgIpc) is 3.27. The molecule has 6 aliphatic rings. The smallest absolute Gasteiger partial charge is 0.486 e. The van der Waals surface area contributed by atoms with E-state index in [1.165, 1.54) is 83.1 Å². The van der Waals surface area contributed by atoms with Crippen LogP contribution >= 0.6 is 15.9 Å². The minimum Gasteiger partial charge on any atom is -0.486 e. The van der Waals surface area contributed by atoms with E-state index in [-0.39, 0.29) is 22.8 Å². The van der Waals surface area contributed by atoms with Crippen LogP contribution in [0.2, 0.25) is 0 Å². The minimum atomic E-state index is -1.49. The lowest BCUT2D eigenvalue weighted by atomic mass is 9.61. The van der Waals surface area contributed by atoms with Crippen LogP contribution in [-0.2, 0) is 0 Å². The van der Waals surface area contributed by atoms with Gasteiger partial charge in [-0.3, -0.25) is 9.59 Å². The number of carbonyl (C=O) groups excluding carboxylic acids is 2. The molecule has 4 aromatic rings. The molecule has 0 amide bonds. The van der Waals surface area contributed by atoms with Gasteiger partial charge < -0.3 is 19.5 Å². The molecule has 0 radical (unpaired) electrons. The Balaban J connectivity index is 0.000000137. The number of ketones is 2. The maximum Gasteiger partial charge on any atom is 0.487 e. The summed E-state index contributed by atoms with van der Waals surface area (Å²) in [5, 5.41) is 17.4. The molecule has 60 heavy (non-hydrogen) atoms. The van der Waals surface area contributed by atoms with Crippen LogP contribution in [0.5, 0.6) is 11.5 Å². The van der Waals surface area contributed by atoms with Gasteiger partial charge in [0.05, 0.1) is 37.1 Å². The zero-order valence-corrected chi connectivity index (χ0v) is 35.7. The molecule has 2 aliphatic heterocycles. The predicted molar refractivity (Wildman–Crippen MR) is 238 cm³/mol. The van der Waals surface area contributed by atoms with Crippen LogP contribution in [0.4, 0.5) is 11.4 Å². The largest absolute Gasteiger partial charge is 0.487 e. The number of hydrogen-bond acceptors (Lipinski definition) is 6. The quantitative estimate of drug-likeness (QED) is 0.154. The van der Waals surface area contributed by atoms with Crippen molar-refractivity contribution in [1.82, 2.24) is 0 Å². The Hall–Kier alpha value is -4.74. The van der Waals surface area contributed by atoms with E-state index in [1.807, 2.05) is 54.6 Å². The van der Waals surface area contributed by atoms with Crippen LogP contribution in [0, 0.1) is 36.8 Å². The first-order valence-electron chi connectivity index (χ1n) is 21.8. The number of rotatable bonds is 2. The first-order valence-corrected chi connectivity index (χ1v) is 22.6. The maximum absolute atomic E-state index is 13.2. The molecule has 6 unspecified atom stereocenters. The standard InChI is InChI=1S/C25H25NO2.C18H21BrO2.C7H6BNO2/c1-26-20-9-4-7-18(14-20)19-11-12-24-21(15-19)23(27)16-25(28-24)13-5-8-17-6-2-3-10-22(17)25;19-13-7-8-17-14(10-13)16(20)11-18(21-17)9-3-5-12-4-1-2-6-15(12)18;1-9-7-4-2-3-6(5-7)8(10)11/h4,7,9,11-12,14-15,17,22H,2-3,5-6,8,10,13,16H2;7-8,10,12,15H,1-6,9,11H2;2-5,10-11H. The highest BCUT2D eigenvalue weighted by Gasteiger charge is 2.53. The Morgan fingerprint density at radius 1 is 0.600 bits per heavy atom. The van der Waals surface area contributed by atoms with Crippen LogP contribution in [0.1, 0.15) is 123 Å². The van der Waals surface area contributed by atoms with Crippen molar-refractivity contribution in [3.8, 4) is 22.6 Å². The molecule has 2 heterocycles. The van der Waals surface area contributed by atoms with Crippen molar-refractivity contribution >= 4 is 51.5 Å². The maximum atomic E-state index is 13.2. The molecule has 6 atom stereocenters. The Morgan fingerprint density at radius 3 is 1.68 bits per heavy atom. The highest BCUT2D eigenvalue weighted by Crippen LogP contribution is 2.54. The molecule has 4 saturated carbocycles. The number of nitrogens with zero attached hydrogens (tertiary/aromatic N) is 2. The number of benzene rings is 4. The molecular formula is C50H52BBrN2O6. The summed E-state index contributed by atoms with van der Waals surface area (Å²) in [4.78, 5) is 32.6. The van der Waals surface area contributed by atoms with Gasteiger partial charge in [0.15, 0.2) is 22.9 Å². The van der Waals surface area contributed by atoms with Gasteiger partial charge in [-0.2, -0.15) is 0 Å². The molecular weight excluding hydrogens is 815 g/mol. The predicted octanol–water partition coefficient (Wildman–Crippen LogP) is 11.7. The summed E-state index contributed by atoms with van der Waals surface area (Å²) in [7, 11) is -1.49. The second kappa shape index (κ2) is 18.1. The van der Waals surface area contributed by atoms with Crippen LogP contribution in [0.3, 0.4) is 0 Å². The zero-order valence-electron chi connectivity index (χ0n) is 34.1. The van der Waals surface area contributed by atoms with Gasteiger partial charge >= 0.3 is 7.12 Å². The van der Waals surface area contributed by atoms with Crippen molar-refractivity contribution in [1.29, 1.82) is 0 Å². The summed E-state index contributed by atoms with van der Waals surface area (Å²) < 4.78 is 14.1. The molecule has 8 nitrogen and oxygen atoms in total. The monoisotopic (exact) mass is 866 g/mol. The molecule has 10 rings (SSSR count). The summed E-state index contributed by atoms with van der Waals surface area (Å²) in [6.07, 6.45) is 18.5. The molecule has 0 bridgehead atoms. The van der Waals surface area contributed by atoms with Crippen molar-refractivity contribution in [3.05, 3.63) is 123 Å². The van der Waals surface area contributed by atoms with E-state index >= 15 is 0 Å². The van der Waals surface area contributed by atoms with Crippen molar-refractivity contribution < 1.29 is 29.1 Å². The lowest BCUT2D eigenvalue weighted by Gasteiger charge is -2.51. The molecule has 0 aromatic heterocycles.